The highest BCUT2D eigenvalue weighted by atomic mass is 32.2. The van der Waals surface area contributed by atoms with Gasteiger partial charge < -0.3 is 10.2 Å². The molecule has 1 saturated heterocycles. The Bertz CT molecular complexity index is 707. The van der Waals surface area contributed by atoms with E-state index >= 15 is 0 Å². The fourth-order valence-corrected chi connectivity index (χ4v) is 4.80. The van der Waals surface area contributed by atoms with Crippen LogP contribution in [0.2, 0.25) is 0 Å². The molecule has 0 saturated carbocycles. The van der Waals surface area contributed by atoms with Gasteiger partial charge in [0.15, 0.2) is 0 Å². The van der Waals surface area contributed by atoms with Crippen molar-refractivity contribution in [2.24, 2.45) is 7.05 Å². The molecule has 0 bridgehead atoms. The van der Waals surface area contributed by atoms with Crippen LogP contribution >= 0.6 is 0 Å². The number of hydrogen-bond donors (Lipinski definition) is 2. The van der Waals surface area contributed by atoms with E-state index in [-0.39, 0.29) is 16.8 Å². The zero-order valence-corrected chi connectivity index (χ0v) is 15.8. The lowest BCUT2D eigenvalue weighted by atomic mass is 10.0. The van der Waals surface area contributed by atoms with Crippen LogP contribution in [-0.4, -0.2) is 61.2 Å². The second-order valence-electron chi connectivity index (χ2n) is 6.40. The minimum absolute atomic E-state index is 0.146. The average Bonchev–Trinajstić information content (AvgIpc) is 2.79. The molecule has 0 spiro atoms. The molecule has 1 amide bonds. The molecule has 1 aromatic heterocycles. The molecule has 136 valence electrons. The Morgan fingerprint density at radius 1 is 1.38 bits per heavy atom. The fraction of sp³-hybridized carbons (Fsp3) is 0.733. The Morgan fingerprint density at radius 2 is 1.96 bits per heavy atom. The lowest BCUT2D eigenvalue weighted by Gasteiger charge is -2.33. The topological polar surface area (TPSA) is 96.3 Å². The van der Waals surface area contributed by atoms with Crippen LogP contribution in [0.1, 0.15) is 31.2 Å². The van der Waals surface area contributed by atoms with Crippen LogP contribution in [0.15, 0.2) is 4.90 Å². The molecule has 2 heterocycles. The molecule has 1 aliphatic rings. The molecule has 1 atom stereocenters. The maximum atomic E-state index is 12.7. The van der Waals surface area contributed by atoms with E-state index < -0.39 is 16.1 Å². The van der Waals surface area contributed by atoms with Gasteiger partial charge in [0.05, 0.1) is 17.4 Å². The van der Waals surface area contributed by atoms with Crippen LogP contribution in [0.4, 0.5) is 0 Å². The molecular formula is C15H27N5O3S. The lowest BCUT2D eigenvalue weighted by Crippen LogP contribution is -2.51. The molecule has 8 nitrogen and oxygen atoms in total. The predicted molar refractivity (Wildman–Crippen MR) is 91.1 cm³/mol. The van der Waals surface area contributed by atoms with E-state index in [1.165, 1.54) is 4.68 Å². The molecule has 0 aliphatic carbocycles. The molecule has 9 heteroatoms. The van der Waals surface area contributed by atoms with Gasteiger partial charge in [-0.1, -0.05) is 0 Å². The fourth-order valence-electron chi connectivity index (χ4n) is 3.16. The quantitative estimate of drug-likeness (QED) is 0.768. The number of hydrogen-bond acceptors (Lipinski definition) is 5. The van der Waals surface area contributed by atoms with Gasteiger partial charge in [-0.3, -0.25) is 9.48 Å². The molecule has 24 heavy (non-hydrogen) atoms. The van der Waals surface area contributed by atoms with Crippen LogP contribution in [0, 0.1) is 13.8 Å². The van der Waals surface area contributed by atoms with Crippen LogP contribution in [-0.2, 0) is 21.9 Å². The van der Waals surface area contributed by atoms with Crippen LogP contribution in [0.25, 0.3) is 0 Å². The SMILES string of the molecule is Cc1nn(C)c(C)c1S(=O)(=O)NC(C)C(=O)N(C)C1CCNCC1. The van der Waals surface area contributed by atoms with Gasteiger partial charge >= 0.3 is 0 Å². The first-order valence-electron chi connectivity index (χ1n) is 8.15. The number of carbonyl (C=O) groups is 1. The molecule has 2 rings (SSSR count). The van der Waals surface area contributed by atoms with E-state index in [0.29, 0.717) is 11.4 Å². The first kappa shape index (κ1) is 18.9. The summed E-state index contributed by atoms with van der Waals surface area (Å²) in [5.41, 5.74) is 0.972. The summed E-state index contributed by atoms with van der Waals surface area (Å²) in [5, 5.41) is 7.39. The van der Waals surface area contributed by atoms with E-state index in [0.717, 1.165) is 25.9 Å². The number of nitrogens with zero attached hydrogens (tertiary/aromatic N) is 3. The number of nitrogens with one attached hydrogen (secondary N) is 2. The van der Waals surface area contributed by atoms with Gasteiger partial charge in [0.25, 0.3) is 0 Å². The van der Waals surface area contributed by atoms with E-state index in [4.69, 9.17) is 0 Å². The maximum absolute atomic E-state index is 12.7. The Kier molecular flexibility index (Phi) is 5.67. The molecular weight excluding hydrogens is 330 g/mol. The van der Waals surface area contributed by atoms with Gasteiger partial charge in [0, 0.05) is 20.1 Å². The van der Waals surface area contributed by atoms with Crippen molar-refractivity contribution in [3.63, 3.8) is 0 Å². The van der Waals surface area contributed by atoms with E-state index in [1.54, 1.807) is 39.8 Å². The Balaban J connectivity index is 2.12. The number of piperidine rings is 1. The van der Waals surface area contributed by atoms with Gasteiger partial charge in [-0.05, 0) is 46.7 Å². The minimum Gasteiger partial charge on any atom is -0.341 e. The number of likely N-dealkylation sites (N-methyl/N-ethyl adjacent to an activating group) is 1. The molecule has 1 aromatic rings. The monoisotopic (exact) mass is 357 g/mol. The Hall–Kier alpha value is -1.45. The predicted octanol–water partition coefficient (Wildman–Crippen LogP) is -0.0859. The average molecular weight is 357 g/mol. The smallest absolute Gasteiger partial charge is 0.244 e. The maximum Gasteiger partial charge on any atom is 0.244 e. The zero-order chi connectivity index (χ0) is 18.1. The molecule has 0 aromatic carbocycles. The van der Waals surface area contributed by atoms with Crippen molar-refractivity contribution in [1.29, 1.82) is 0 Å². The van der Waals surface area contributed by atoms with Crippen molar-refractivity contribution >= 4 is 15.9 Å². The summed E-state index contributed by atoms with van der Waals surface area (Å²) in [6, 6.07) is -0.679. The van der Waals surface area contributed by atoms with Crippen molar-refractivity contribution in [3.05, 3.63) is 11.4 Å². The first-order chi connectivity index (χ1) is 11.1. The largest absolute Gasteiger partial charge is 0.341 e. The molecule has 1 unspecified atom stereocenters. The summed E-state index contributed by atoms with van der Waals surface area (Å²) >= 11 is 0. The number of rotatable bonds is 5. The summed E-state index contributed by atoms with van der Waals surface area (Å²) in [6.07, 6.45) is 1.76. The van der Waals surface area contributed by atoms with Crippen molar-refractivity contribution in [2.45, 2.75) is 50.6 Å². The van der Waals surface area contributed by atoms with Crippen LogP contribution in [0.5, 0.6) is 0 Å². The van der Waals surface area contributed by atoms with Gasteiger partial charge in [0.1, 0.15) is 4.90 Å². The summed E-state index contributed by atoms with van der Waals surface area (Å²) in [7, 11) is -0.367. The van der Waals surface area contributed by atoms with Crippen molar-refractivity contribution in [2.75, 3.05) is 20.1 Å². The lowest BCUT2D eigenvalue weighted by molar-refractivity contribution is -0.133. The molecule has 2 N–H and O–H groups in total. The summed E-state index contributed by atoms with van der Waals surface area (Å²) < 4.78 is 29.3. The van der Waals surface area contributed by atoms with Gasteiger partial charge in [-0.25, -0.2) is 8.42 Å². The van der Waals surface area contributed by atoms with Crippen LogP contribution in [0.3, 0.4) is 0 Å². The first-order valence-corrected chi connectivity index (χ1v) is 9.63. The second-order valence-corrected chi connectivity index (χ2v) is 8.05. The summed E-state index contributed by atoms with van der Waals surface area (Å²) in [6.45, 7) is 6.67. The van der Waals surface area contributed by atoms with E-state index in [2.05, 4.69) is 15.1 Å². The molecule has 1 aliphatic heterocycles. The summed E-state index contributed by atoms with van der Waals surface area (Å²) in [4.78, 5) is 14.4. The number of carbonyl (C=O) groups excluding carboxylic acids is 1. The van der Waals surface area contributed by atoms with E-state index in [9.17, 15) is 13.2 Å². The number of sulfonamides is 1. The van der Waals surface area contributed by atoms with Gasteiger partial charge in [0.2, 0.25) is 15.9 Å². The van der Waals surface area contributed by atoms with E-state index in [1.807, 2.05) is 0 Å². The standard InChI is InChI=1S/C15H27N5O3S/c1-10-14(12(3)20(5)17-10)24(22,23)18-11(2)15(21)19(4)13-6-8-16-9-7-13/h11,13,16,18H,6-9H2,1-5H3. The van der Waals surface area contributed by atoms with Gasteiger partial charge in [-0.15, -0.1) is 0 Å². The zero-order valence-electron chi connectivity index (χ0n) is 15.0. The molecule has 1 fully saturated rings. The highest BCUT2D eigenvalue weighted by molar-refractivity contribution is 7.89. The summed E-state index contributed by atoms with van der Waals surface area (Å²) in [5.74, 6) is -0.218. The number of amides is 1. The Morgan fingerprint density at radius 3 is 2.46 bits per heavy atom. The van der Waals surface area contributed by atoms with Crippen molar-refractivity contribution in [3.8, 4) is 0 Å². The highest BCUT2D eigenvalue weighted by Gasteiger charge is 2.31. The van der Waals surface area contributed by atoms with Crippen molar-refractivity contribution < 1.29 is 13.2 Å². The third-order valence-electron chi connectivity index (χ3n) is 4.62. The van der Waals surface area contributed by atoms with Crippen LogP contribution < -0.4 is 10.0 Å². The second kappa shape index (κ2) is 7.20. The van der Waals surface area contributed by atoms with Crippen molar-refractivity contribution in [1.82, 2.24) is 24.7 Å². The minimum atomic E-state index is -3.80. The normalized spacial score (nSPS) is 17.7. The third-order valence-corrected chi connectivity index (χ3v) is 6.41. The highest BCUT2D eigenvalue weighted by Crippen LogP contribution is 2.19. The van der Waals surface area contributed by atoms with Gasteiger partial charge in [-0.2, -0.15) is 9.82 Å². The molecule has 0 radical (unpaired) electrons. The number of aryl methyl sites for hydroxylation is 2. The Labute approximate surface area is 143 Å². The number of aromatic nitrogens is 2. The third kappa shape index (κ3) is 3.79.